The molecule has 1 aliphatic heterocycles. The van der Waals surface area contributed by atoms with Crippen molar-refractivity contribution in [2.75, 3.05) is 0 Å². The van der Waals surface area contributed by atoms with Crippen molar-refractivity contribution in [1.82, 2.24) is 10.9 Å². The van der Waals surface area contributed by atoms with Crippen molar-refractivity contribution in [3.05, 3.63) is 0 Å². The van der Waals surface area contributed by atoms with Gasteiger partial charge in [-0.25, -0.2) is 10.9 Å². The molecule has 0 radical (unpaired) electrons. The summed E-state index contributed by atoms with van der Waals surface area (Å²) in [7, 11) is 0. The first kappa shape index (κ1) is 10.5. The van der Waals surface area contributed by atoms with Gasteiger partial charge in [-0.1, -0.05) is 19.3 Å². The van der Waals surface area contributed by atoms with Crippen LogP contribution in [0, 0.1) is 0 Å². The maximum absolute atomic E-state index is 3.20. The van der Waals surface area contributed by atoms with Crippen molar-refractivity contribution in [1.29, 1.82) is 0 Å². The number of hydrazine groups is 1. The second-order valence-electron chi connectivity index (χ2n) is 2.89. The molecule has 62 valence electrons. The fraction of sp³-hybridized carbons (Fsp3) is 1.00. The molecule has 0 aromatic rings. The predicted molar refractivity (Wildman–Crippen MR) is 46.6 cm³/mol. The third-order valence-electron chi connectivity index (χ3n) is 2.19. The zero-order valence-corrected chi connectivity index (χ0v) is 7.49. The lowest BCUT2D eigenvalue weighted by atomic mass is 9.93. The van der Waals surface area contributed by atoms with Gasteiger partial charge >= 0.3 is 0 Å². The van der Waals surface area contributed by atoms with Crippen LogP contribution in [0.25, 0.3) is 0 Å². The molecule has 2 aliphatic rings. The van der Waals surface area contributed by atoms with Crippen LogP contribution in [0.1, 0.15) is 32.1 Å². The van der Waals surface area contributed by atoms with E-state index in [0.717, 1.165) is 0 Å². The Bertz CT molecular complexity index is 95.9. The SMILES string of the molecule is C1CCC2(CC1)NN2.Cl.Cl. The molecule has 4 heteroatoms. The molecule has 0 unspecified atom stereocenters. The van der Waals surface area contributed by atoms with Crippen LogP contribution in [0.5, 0.6) is 0 Å². The predicted octanol–water partition coefficient (Wildman–Crippen LogP) is 1.60. The van der Waals surface area contributed by atoms with Crippen LogP contribution in [0.3, 0.4) is 0 Å². The number of hydrogen-bond acceptors (Lipinski definition) is 2. The van der Waals surface area contributed by atoms with E-state index in [1.165, 1.54) is 32.1 Å². The Balaban J connectivity index is 0.000000405. The highest BCUT2D eigenvalue weighted by Gasteiger charge is 2.41. The quantitative estimate of drug-likeness (QED) is 0.563. The minimum atomic E-state index is 0. The molecule has 1 aliphatic carbocycles. The Morgan fingerprint density at radius 1 is 0.800 bits per heavy atom. The normalized spacial score (nSPS) is 26.4. The molecule has 2 rings (SSSR count). The smallest absolute Gasteiger partial charge is 0.0943 e. The molecule has 0 aromatic carbocycles. The summed E-state index contributed by atoms with van der Waals surface area (Å²) in [6, 6.07) is 0. The summed E-state index contributed by atoms with van der Waals surface area (Å²) >= 11 is 0. The van der Waals surface area contributed by atoms with Gasteiger partial charge in [-0.05, 0) is 12.8 Å². The molecule has 0 atom stereocenters. The Hall–Kier alpha value is 0.500. The number of rotatable bonds is 0. The van der Waals surface area contributed by atoms with Crippen molar-refractivity contribution in [2.45, 2.75) is 37.8 Å². The summed E-state index contributed by atoms with van der Waals surface area (Å²) in [5.74, 6) is 0. The van der Waals surface area contributed by atoms with Crippen molar-refractivity contribution in [2.24, 2.45) is 0 Å². The number of hydrogen-bond donors (Lipinski definition) is 2. The summed E-state index contributed by atoms with van der Waals surface area (Å²) in [5.41, 5.74) is 6.83. The van der Waals surface area contributed by atoms with Crippen LogP contribution in [0.15, 0.2) is 0 Å². The molecule has 0 amide bonds. The van der Waals surface area contributed by atoms with E-state index in [2.05, 4.69) is 10.9 Å². The van der Waals surface area contributed by atoms with E-state index in [1.54, 1.807) is 0 Å². The van der Waals surface area contributed by atoms with Crippen LogP contribution in [0.2, 0.25) is 0 Å². The molecule has 1 spiro atoms. The van der Waals surface area contributed by atoms with Crippen molar-refractivity contribution >= 4 is 24.8 Å². The molecule has 1 heterocycles. The summed E-state index contributed by atoms with van der Waals surface area (Å²) in [6.45, 7) is 0. The molecule has 1 saturated carbocycles. The first-order valence-electron chi connectivity index (χ1n) is 3.46. The average molecular weight is 185 g/mol. The monoisotopic (exact) mass is 184 g/mol. The van der Waals surface area contributed by atoms with Crippen molar-refractivity contribution in [3.63, 3.8) is 0 Å². The Labute approximate surface area is 73.9 Å². The molecule has 1 saturated heterocycles. The first-order chi connectivity index (χ1) is 3.91. The largest absolute Gasteiger partial charge is 0.235 e. The van der Waals surface area contributed by atoms with Gasteiger partial charge in [-0.2, -0.15) is 0 Å². The lowest BCUT2D eigenvalue weighted by Gasteiger charge is -2.16. The second-order valence-corrected chi connectivity index (χ2v) is 2.89. The topological polar surface area (TPSA) is 43.9 Å². The highest BCUT2D eigenvalue weighted by atomic mass is 35.5. The molecular weight excluding hydrogens is 171 g/mol. The van der Waals surface area contributed by atoms with Gasteiger partial charge in [-0.3, -0.25) is 0 Å². The number of halogens is 2. The van der Waals surface area contributed by atoms with Crippen LogP contribution < -0.4 is 10.9 Å². The minimum absolute atomic E-state index is 0. The standard InChI is InChI=1S/C6H12N2.2ClH/c1-2-4-6(5-3-1)7-8-6;;/h7-8H,1-5H2;2*1H. The zero-order chi connectivity index (χ0) is 5.45. The highest BCUT2D eigenvalue weighted by molar-refractivity contribution is 5.85. The van der Waals surface area contributed by atoms with Gasteiger partial charge in [0.2, 0.25) is 0 Å². The summed E-state index contributed by atoms with van der Waals surface area (Å²) in [6.07, 6.45) is 6.92. The van der Waals surface area contributed by atoms with Crippen molar-refractivity contribution in [3.8, 4) is 0 Å². The molecular formula is C6H14Cl2N2. The first-order valence-corrected chi connectivity index (χ1v) is 3.46. The van der Waals surface area contributed by atoms with E-state index in [1.807, 2.05) is 0 Å². The molecule has 0 bridgehead atoms. The maximum Gasteiger partial charge on any atom is 0.0943 e. The Kier molecular flexibility index (Phi) is 3.95. The van der Waals surface area contributed by atoms with E-state index in [4.69, 9.17) is 0 Å². The fourth-order valence-corrected chi connectivity index (χ4v) is 1.49. The maximum atomic E-state index is 3.20. The highest BCUT2D eigenvalue weighted by Crippen LogP contribution is 2.30. The van der Waals surface area contributed by atoms with Crippen LogP contribution in [-0.2, 0) is 0 Å². The van der Waals surface area contributed by atoms with Gasteiger partial charge in [-0.15, -0.1) is 24.8 Å². The Morgan fingerprint density at radius 3 is 1.60 bits per heavy atom. The summed E-state index contributed by atoms with van der Waals surface area (Å²) in [5, 5.41) is 0. The summed E-state index contributed by atoms with van der Waals surface area (Å²) in [4.78, 5) is 0. The van der Waals surface area contributed by atoms with Crippen LogP contribution >= 0.6 is 24.8 Å². The number of nitrogens with one attached hydrogen (secondary N) is 2. The molecule has 0 aromatic heterocycles. The van der Waals surface area contributed by atoms with Gasteiger partial charge in [0.05, 0.1) is 5.66 Å². The van der Waals surface area contributed by atoms with E-state index in [9.17, 15) is 0 Å². The third kappa shape index (κ3) is 1.99. The van der Waals surface area contributed by atoms with E-state index < -0.39 is 0 Å². The van der Waals surface area contributed by atoms with Gasteiger partial charge in [0.25, 0.3) is 0 Å². The zero-order valence-electron chi connectivity index (χ0n) is 5.85. The van der Waals surface area contributed by atoms with Crippen LogP contribution in [-0.4, -0.2) is 5.66 Å². The van der Waals surface area contributed by atoms with Gasteiger partial charge in [0.15, 0.2) is 0 Å². The van der Waals surface area contributed by atoms with Gasteiger partial charge in [0.1, 0.15) is 0 Å². The van der Waals surface area contributed by atoms with Gasteiger partial charge in [0, 0.05) is 0 Å². The lowest BCUT2D eigenvalue weighted by molar-refractivity contribution is 0.399. The van der Waals surface area contributed by atoms with Crippen molar-refractivity contribution < 1.29 is 0 Å². The third-order valence-corrected chi connectivity index (χ3v) is 2.19. The molecule has 10 heavy (non-hydrogen) atoms. The average Bonchev–Trinajstić information content (AvgIpc) is 2.52. The molecule has 2 N–H and O–H groups in total. The fourth-order valence-electron chi connectivity index (χ4n) is 1.49. The molecule has 2 nitrogen and oxygen atoms in total. The van der Waals surface area contributed by atoms with Crippen LogP contribution in [0.4, 0.5) is 0 Å². The minimum Gasteiger partial charge on any atom is -0.235 e. The lowest BCUT2D eigenvalue weighted by Crippen LogP contribution is -2.20. The van der Waals surface area contributed by atoms with E-state index in [-0.39, 0.29) is 24.8 Å². The second kappa shape index (κ2) is 3.77. The summed E-state index contributed by atoms with van der Waals surface area (Å²) < 4.78 is 0. The van der Waals surface area contributed by atoms with Gasteiger partial charge < -0.3 is 0 Å². The van der Waals surface area contributed by atoms with E-state index >= 15 is 0 Å². The Morgan fingerprint density at radius 2 is 1.30 bits per heavy atom. The van der Waals surface area contributed by atoms with E-state index in [0.29, 0.717) is 5.66 Å². The molecule has 2 fully saturated rings.